The van der Waals surface area contributed by atoms with Gasteiger partial charge in [0.05, 0.1) is 0 Å². The Labute approximate surface area is 149 Å². The van der Waals surface area contributed by atoms with Gasteiger partial charge in [0.1, 0.15) is 18.0 Å². The van der Waals surface area contributed by atoms with E-state index in [1.165, 1.54) is 11.1 Å². The monoisotopic (exact) mass is 332 g/mol. The Balaban J connectivity index is 1.78. The molecule has 0 spiro atoms. The van der Waals surface area contributed by atoms with Gasteiger partial charge < -0.3 is 10.2 Å². The zero-order valence-corrected chi connectivity index (χ0v) is 15.0. The SMILES string of the molecule is CC(C)c1ccccc1Nc1cc(N(C)Cc2ccccc2)ncn1. The maximum absolute atomic E-state index is 4.41. The van der Waals surface area contributed by atoms with E-state index in [1.807, 2.05) is 25.2 Å². The van der Waals surface area contributed by atoms with Crippen molar-refractivity contribution in [3.05, 3.63) is 78.1 Å². The molecule has 4 heteroatoms. The smallest absolute Gasteiger partial charge is 0.135 e. The van der Waals surface area contributed by atoms with E-state index in [0.717, 1.165) is 23.9 Å². The number of benzene rings is 2. The molecule has 0 saturated heterocycles. The van der Waals surface area contributed by atoms with E-state index in [1.54, 1.807) is 6.33 Å². The van der Waals surface area contributed by atoms with Gasteiger partial charge in [-0.1, -0.05) is 62.4 Å². The molecule has 25 heavy (non-hydrogen) atoms. The predicted octanol–water partition coefficient (Wildman–Crippen LogP) is 4.98. The van der Waals surface area contributed by atoms with Gasteiger partial charge in [0.15, 0.2) is 0 Å². The average molecular weight is 332 g/mol. The van der Waals surface area contributed by atoms with Gasteiger partial charge >= 0.3 is 0 Å². The van der Waals surface area contributed by atoms with Crippen LogP contribution in [0.15, 0.2) is 67.0 Å². The summed E-state index contributed by atoms with van der Waals surface area (Å²) in [6, 6.07) is 20.7. The molecule has 3 aromatic rings. The minimum absolute atomic E-state index is 0.450. The van der Waals surface area contributed by atoms with E-state index in [2.05, 4.69) is 76.5 Å². The van der Waals surface area contributed by atoms with E-state index in [-0.39, 0.29) is 0 Å². The van der Waals surface area contributed by atoms with E-state index in [4.69, 9.17) is 0 Å². The van der Waals surface area contributed by atoms with Crippen molar-refractivity contribution in [1.82, 2.24) is 9.97 Å². The Hall–Kier alpha value is -2.88. The van der Waals surface area contributed by atoms with Crippen molar-refractivity contribution in [3.63, 3.8) is 0 Å². The molecule has 0 amide bonds. The van der Waals surface area contributed by atoms with Crippen molar-refractivity contribution in [3.8, 4) is 0 Å². The first-order valence-electron chi connectivity index (χ1n) is 8.56. The van der Waals surface area contributed by atoms with Crippen molar-refractivity contribution in [1.29, 1.82) is 0 Å². The Bertz CT molecular complexity index is 815. The Morgan fingerprint density at radius 2 is 1.68 bits per heavy atom. The van der Waals surface area contributed by atoms with Crippen molar-refractivity contribution in [2.75, 3.05) is 17.3 Å². The van der Waals surface area contributed by atoms with Gasteiger partial charge in [-0.15, -0.1) is 0 Å². The first kappa shape index (κ1) is 17.0. The zero-order chi connectivity index (χ0) is 17.6. The first-order chi connectivity index (χ1) is 12.1. The van der Waals surface area contributed by atoms with Crippen LogP contribution in [0.5, 0.6) is 0 Å². The molecule has 0 bridgehead atoms. The van der Waals surface area contributed by atoms with Gasteiger partial charge in [0.25, 0.3) is 0 Å². The molecule has 2 aromatic carbocycles. The Kier molecular flexibility index (Phi) is 5.29. The third kappa shape index (κ3) is 4.35. The molecule has 4 nitrogen and oxygen atoms in total. The summed E-state index contributed by atoms with van der Waals surface area (Å²) in [5.74, 6) is 2.15. The molecule has 0 saturated carbocycles. The number of para-hydroxylation sites is 1. The number of hydrogen-bond donors (Lipinski definition) is 1. The van der Waals surface area contributed by atoms with Crippen LogP contribution >= 0.6 is 0 Å². The second-order valence-corrected chi connectivity index (χ2v) is 6.47. The highest BCUT2D eigenvalue weighted by atomic mass is 15.2. The highest BCUT2D eigenvalue weighted by molar-refractivity contribution is 5.63. The fourth-order valence-electron chi connectivity index (χ4n) is 2.81. The third-order valence-electron chi connectivity index (χ3n) is 4.15. The maximum Gasteiger partial charge on any atom is 0.135 e. The quantitative estimate of drug-likeness (QED) is 0.691. The summed E-state index contributed by atoms with van der Waals surface area (Å²) in [6.45, 7) is 5.19. The lowest BCUT2D eigenvalue weighted by atomic mass is 10.0. The lowest BCUT2D eigenvalue weighted by Crippen LogP contribution is -2.18. The molecular formula is C21H24N4. The molecule has 0 aliphatic heterocycles. The fourth-order valence-corrected chi connectivity index (χ4v) is 2.81. The number of nitrogens with one attached hydrogen (secondary N) is 1. The van der Waals surface area contributed by atoms with E-state index < -0.39 is 0 Å². The minimum atomic E-state index is 0.450. The van der Waals surface area contributed by atoms with Crippen LogP contribution in [0.3, 0.4) is 0 Å². The third-order valence-corrected chi connectivity index (χ3v) is 4.15. The molecule has 0 fully saturated rings. The molecule has 0 atom stereocenters. The molecule has 0 aliphatic rings. The van der Waals surface area contributed by atoms with Gasteiger partial charge in [0, 0.05) is 25.3 Å². The Morgan fingerprint density at radius 3 is 2.44 bits per heavy atom. The van der Waals surface area contributed by atoms with Crippen LogP contribution in [0, 0.1) is 0 Å². The molecular weight excluding hydrogens is 308 g/mol. The summed E-state index contributed by atoms with van der Waals surface area (Å²) in [4.78, 5) is 10.9. The zero-order valence-electron chi connectivity index (χ0n) is 15.0. The second-order valence-electron chi connectivity index (χ2n) is 6.47. The second kappa shape index (κ2) is 7.79. The summed E-state index contributed by atoms with van der Waals surface area (Å²) in [6.07, 6.45) is 1.61. The number of anilines is 3. The average Bonchev–Trinajstić information content (AvgIpc) is 2.63. The summed E-state index contributed by atoms with van der Waals surface area (Å²) < 4.78 is 0. The van der Waals surface area contributed by atoms with Crippen LogP contribution in [-0.2, 0) is 6.54 Å². The molecule has 0 unspecified atom stereocenters. The topological polar surface area (TPSA) is 41.0 Å². The van der Waals surface area contributed by atoms with Gasteiger partial charge in [0.2, 0.25) is 0 Å². The summed E-state index contributed by atoms with van der Waals surface area (Å²) in [5.41, 5.74) is 3.62. The molecule has 1 N–H and O–H groups in total. The van der Waals surface area contributed by atoms with Gasteiger partial charge in [-0.2, -0.15) is 0 Å². The van der Waals surface area contributed by atoms with Crippen LogP contribution in [-0.4, -0.2) is 17.0 Å². The lowest BCUT2D eigenvalue weighted by molar-refractivity contribution is 0.868. The van der Waals surface area contributed by atoms with Crippen LogP contribution in [0.2, 0.25) is 0 Å². The molecule has 0 aliphatic carbocycles. The number of rotatable bonds is 6. The number of nitrogens with zero attached hydrogens (tertiary/aromatic N) is 3. The van der Waals surface area contributed by atoms with Gasteiger partial charge in [-0.05, 0) is 23.1 Å². The van der Waals surface area contributed by atoms with E-state index in [0.29, 0.717) is 5.92 Å². The Morgan fingerprint density at radius 1 is 0.960 bits per heavy atom. The van der Waals surface area contributed by atoms with Crippen LogP contribution in [0.4, 0.5) is 17.3 Å². The number of hydrogen-bond acceptors (Lipinski definition) is 4. The molecule has 128 valence electrons. The van der Waals surface area contributed by atoms with E-state index in [9.17, 15) is 0 Å². The van der Waals surface area contributed by atoms with E-state index >= 15 is 0 Å². The van der Waals surface area contributed by atoms with Crippen LogP contribution in [0.25, 0.3) is 0 Å². The molecule has 1 aromatic heterocycles. The van der Waals surface area contributed by atoms with Crippen molar-refractivity contribution < 1.29 is 0 Å². The summed E-state index contributed by atoms with van der Waals surface area (Å²) in [7, 11) is 2.04. The fraction of sp³-hybridized carbons (Fsp3) is 0.238. The summed E-state index contributed by atoms with van der Waals surface area (Å²) >= 11 is 0. The molecule has 3 rings (SSSR count). The molecule has 1 heterocycles. The van der Waals surface area contributed by atoms with Crippen LogP contribution in [0.1, 0.15) is 30.9 Å². The van der Waals surface area contributed by atoms with Crippen molar-refractivity contribution in [2.24, 2.45) is 0 Å². The van der Waals surface area contributed by atoms with Gasteiger partial charge in [-0.25, -0.2) is 9.97 Å². The summed E-state index contributed by atoms with van der Waals surface area (Å²) in [5, 5.41) is 3.44. The highest BCUT2D eigenvalue weighted by Crippen LogP contribution is 2.27. The van der Waals surface area contributed by atoms with Crippen molar-refractivity contribution in [2.45, 2.75) is 26.3 Å². The first-order valence-corrected chi connectivity index (χ1v) is 8.56. The van der Waals surface area contributed by atoms with Crippen molar-refractivity contribution >= 4 is 17.3 Å². The minimum Gasteiger partial charge on any atom is -0.355 e. The molecule has 0 radical (unpaired) electrons. The largest absolute Gasteiger partial charge is 0.355 e. The van der Waals surface area contributed by atoms with Gasteiger partial charge in [-0.3, -0.25) is 0 Å². The maximum atomic E-state index is 4.41. The normalized spacial score (nSPS) is 10.7. The predicted molar refractivity (Wildman–Crippen MR) is 104 cm³/mol. The number of aromatic nitrogens is 2. The lowest BCUT2D eigenvalue weighted by Gasteiger charge is -2.19. The highest BCUT2D eigenvalue weighted by Gasteiger charge is 2.09. The standard InChI is InChI=1S/C21H24N4/c1-16(2)18-11-7-8-12-19(18)24-20-13-21(23-15-22-20)25(3)14-17-9-5-4-6-10-17/h4-13,15-16H,14H2,1-3H3,(H,22,23,24). The van der Waals surface area contributed by atoms with Crippen LogP contribution < -0.4 is 10.2 Å².